The van der Waals surface area contributed by atoms with Crippen LogP contribution >= 0.6 is 11.6 Å². The molecule has 3 N–H and O–H groups in total. The number of nitro benzene ring substituents is 1. The summed E-state index contributed by atoms with van der Waals surface area (Å²) in [5, 5.41) is 21.2. The van der Waals surface area contributed by atoms with Gasteiger partial charge in [-0.2, -0.15) is 0 Å². The first-order valence-corrected chi connectivity index (χ1v) is 7.00. The molecule has 0 aliphatic heterocycles. The van der Waals surface area contributed by atoms with Crippen molar-refractivity contribution < 1.29 is 14.8 Å². The van der Waals surface area contributed by atoms with Crippen molar-refractivity contribution in [1.82, 2.24) is 4.57 Å². The topological polar surface area (TPSA) is 111 Å². The van der Waals surface area contributed by atoms with E-state index in [0.717, 1.165) is 5.69 Å². The van der Waals surface area contributed by atoms with E-state index in [9.17, 15) is 20.0 Å². The van der Waals surface area contributed by atoms with Crippen molar-refractivity contribution in [3.05, 3.63) is 38.5 Å². The number of fused-ring (bicyclic) bond motifs is 1. The molecule has 2 aromatic rings. The van der Waals surface area contributed by atoms with Crippen LogP contribution in [0.15, 0.2) is 12.1 Å². The number of nitro groups is 1. The van der Waals surface area contributed by atoms with Gasteiger partial charge in [-0.1, -0.05) is 11.6 Å². The third-order valence-electron chi connectivity index (χ3n) is 3.95. The molecule has 1 aromatic carbocycles. The Hall–Kier alpha value is -2.12. The number of nitrogens with zero attached hydrogens (tertiary/aromatic N) is 2. The number of carbonyl (C=O) groups is 1. The predicted octanol–water partition coefficient (Wildman–Crippen LogP) is 2.25. The van der Waals surface area contributed by atoms with Crippen LogP contribution in [0.5, 0.6) is 0 Å². The SMILES string of the molecule is Cc1c(CC(CN)C(=O)O)c2c([N+](=O)[O-])cc(Cl)cc2n1C. The Kier molecular flexibility index (Phi) is 4.39. The molecule has 1 aromatic heterocycles. The molecule has 22 heavy (non-hydrogen) atoms. The number of halogens is 1. The number of aromatic nitrogens is 1. The van der Waals surface area contributed by atoms with E-state index in [-0.39, 0.29) is 23.7 Å². The summed E-state index contributed by atoms with van der Waals surface area (Å²) >= 11 is 5.95. The van der Waals surface area contributed by atoms with Gasteiger partial charge in [0.25, 0.3) is 5.69 Å². The zero-order chi connectivity index (χ0) is 16.6. The highest BCUT2D eigenvalue weighted by Gasteiger charge is 2.26. The number of aliphatic carboxylic acids is 1. The average molecular weight is 326 g/mol. The minimum atomic E-state index is -1.02. The fraction of sp³-hybridized carbons (Fsp3) is 0.357. The molecule has 0 saturated carbocycles. The summed E-state index contributed by atoms with van der Waals surface area (Å²) in [7, 11) is 1.76. The molecule has 1 atom stereocenters. The van der Waals surface area contributed by atoms with Crippen LogP contribution < -0.4 is 5.73 Å². The fourth-order valence-corrected chi connectivity index (χ4v) is 2.83. The summed E-state index contributed by atoms with van der Waals surface area (Å²) in [6.45, 7) is 1.76. The quantitative estimate of drug-likeness (QED) is 0.647. The van der Waals surface area contributed by atoms with E-state index in [2.05, 4.69) is 0 Å². The van der Waals surface area contributed by atoms with Crippen molar-refractivity contribution >= 4 is 34.2 Å². The Morgan fingerprint density at radius 2 is 2.18 bits per heavy atom. The summed E-state index contributed by atoms with van der Waals surface area (Å²) < 4.78 is 1.78. The van der Waals surface area contributed by atoms with Gasteiger partial charge in [-0.25, -0.2) is 0 Å². The average Bonchev–Trinajstić information content (AvgIpc) is 2.68. The molecule has 1 heterocycles. The number of carboxylic acid groups (broad SMARTS) is 1. The first kappa shape index (κ1) is 16.3. The van der Waals surface area contributed by atoms with E-state index in [1.165, 1.54) is 6.07 Å². The number of hydrogen-bond donors (Lipinski definition) is 2. The van der Waals surface area contributed by atoms with Gasteiger partial charge in [0.15, 0.2) is 0 Å². The highest BCUT2D eigenvalue weighted by atomic mass is 35.5. The van der Waals surface area contributed by atoms with Gasteiger partial charge in [-0.3, -0.25) is 14.9 Å². The molecule has 2 rings (SSSR count). The second-order valence-electron chi connectivity index (χ2n) is 5.17. The van der Waals surface area contributed by atoms with Crippen LogP contribution in [0, 0.1) is 23.0 Å². The van der Waals surface area contributed by atoms with Crippen LogP contribution in [0.4, 0.5) is 5.69 Å². The largest absolute Gasteiger partial charge is 0.481 e. The Balaban J connectivity index is 2.75. The normalized spacial score (nSPS) is 12.5. The highest BCUT2D eigenvalue weighted by molar-refractivity contribution is 6.31. The van der Waals surface area contributed by atoms with Crippen LogP contribution in [0.1, 0.15) is 11.3 Å². The van der Waals surface area contributed by atoms with Gasteiger partial charge in [0.2, 0.25) is 0 Å². The van der Waals surface area contributed by atoms with E-state index < -0.39 is 16.8 Å². The van der Waals surface area contributed by atoms with Crippen LogP contribution in [-0.2, 0) is 18.3 Å². The summed E-state index contributed by atoms with van der Waals surface area (Å²) in [4.78, 5) is 22.0. The number of non-ortho nitro benzene ring substituents is 1. The van der Waals surface area contributed by atoms with E-state index in [4.69, 9.17) is 17.3 Å². The molecule has 8 heteroatoms. The maximum atomic E-state index is 11.3. The van der Waals surface area contributed by atoms with Gasteiger partial charge in [0.1, 0.15) is 0 Å². The Morgan fingerprint density at radius 1 is 1.55 bits per heavy atom. The van der Waals surface area contributed by atoms with Crippen molar-refractivity contribution in [2.45, 2.75) is 13.3 Å². The van der Waals surface area contributed by atoms with Gasteiger partial charge in [0.05, 0.1) is 21.7 Å². The molecule has 0 amide bonds. The molecule has 0 aliphatic carbocycles. The van der Waals surface area contributed by atoms with Gasteiger partial charge < -0.3 is 15.4 Å². The van der Waals surface area contributed by atoms with Crippen molar-refractivity contribution in [3.63, 3.8) is 0 Å². The van der Waals surface area contributed by atoms with Gasteiger partial charge in [0, 0.05) is 30.4 Å². The Labute approximate surface area is 131 Å². The first-order valence-electron chi connectivity index (χ1n) is 6.62. The molecule has 7 nitrogen and oxygen atoms in total. The van der Waals surface area contributed by atoms with Crippen LogP contribution in [0.2, 0.25) is 5.02 Å². The van der Waals surface area contributed by atoms with Crippen LogP contribution in [-0.4, -0.2) is 27.1 Å². The number of aryl methyl sites for hydroxylation is 1. The van der Waals surface area contributed by atoms with Gasteiger partial charge >= 0.3 is 5.97 Å². The smallest absolute Gasteiger partial charge is 0.308 e. The summed E-state index contributed by atoms with van der Waals surface area (Å²) in [6.07, 6.45) is 0.136. The molecule has 0 aliphatic rings. The number of carboxylic acids is 1. The number of benzene rings is 1. The molecule has 0 saturated heterocycles. The fourth-order valence-electron chi connectivity index (χ4n) is 2.63. The lowest BCUT2D eigenvalue weighted by atomic mass is 9.96. The van der Waals surface area contributed by atoms with Crippen molar-refractivity contribution in [1.29, 1.82) is 0 Å². The third kappa shape index (κ3) is 2.65. The zero-order valence-electron chi connectivity index (χ0n) is 12.2. The van der Waals surface area contributed by atoms with E-state index in [1.807, 2.05) is 0 Å². The van der Waals surface area contributed by atoms with Crippen LogP contribution in [0.25, 0.3) is 10.9 Å². The lowest BCUT2D eigenvalue weighted by Gasteiger charge is -2.10. The number of hydrogen-bond acceptors (Lipinski definition) is 4. The van der Waals surface area contributed by atoms with Crippen molar-refractivity contribution in [2.24, 2.45) is 18.7 Å². The molecule has 0 fully saturated rings. The molecular weight excluding hydrogens is 310 g/mol. The second kappa shape index (κ2) is 5.94. The second-order valence-corrected chi connectivity index (χ2v) is 5.61. The number of nitrogens with two attached hydrogens (primary N) is 1. The molecule has 0 spiro atoms. The van der Waals surface area contributed by atoms with E-state index in [1.54, 1.807) is 24.6 Å². The lowest BCUT2D eigenvalue weighted by molar-refractivity contribution is -0.383. The Bertz CT molecular complexity index is 769. The monoisotopic (exact) mass is 325 g/mol. The lowest BCUT2D eigenvalue weighted by Crippen LogP contribution is -2.25. The van der Waals surface area contributed by atoms with Gasteiger partial charge in [-0.15, -0.1) is 0 Å². The van der Waals surface area contributed by atoms with E-state index >= 15 is 0 Å². The maximum absolute atomic E-state index is 11.3. The standard InChI is InChI=1S/C14H16ClN3O4/c1-7-10(3-8(6-16)14(19)20)13-11(17(7)2)4-9(15)5-12(13)18(21)22/h4-5,8H,3,6,16H2,1-2H3,(H,19,20). The molecule has 1 unspecified atom stereocenters. The maximum Gasteiger partial charge on any atom is 0.308 e. The number of rotatable bonds is 5. The third-order valence-corrected chi connectivity index (χ3v) is 4.16. The zero-order valence-corrected chi connectivity index (χ0v) is 12.9. The summed E-state index contributed by atoms with van der Waals surface area (Å²) in [5.74, 6) is -1.81. The minimum Gasteiger partial charge on any atom is -0.481 e. The van der Waals surface area contributed by atoms with Crippen LogP contribution in [0.3, 0.4) is 0 Å². The molecule has 0 radical (unpaired) electrons. The summed E-state index contributed by atoms with van der Waals surface area (Å²) in [6, 6.07) is 2.92. The molecular formula is C14H16ClN3O4. The minimum absolute atomic E-state index is 0.0352. The van der Waals surface area contributed by atoms with Crippen molar-refractivity contribution in [2.75, 3.05) is 6.54 Å². The highest BCUT2D eigenvalue weighted by Crippen LogP contribution is 2.36. The summed E-state index contributed by atoms with van der Waals surface area (Å²) in [5.41, 5.74) is 7.37. The molecule has 118 valence electrons. The predicted molar refractivity (Wildman–Crippen MR) is 83.2 cm³/mol. The van der Waals surface area contributed by atoms with Gasteiger partial charge in [-0.05, 0) is 25.0 Å². The first-order chi connectivity index (χ1) is 10.3. The van der Waals surface area contributed by atoms with E-state index in [0.29, 0.717) is 16.5 Å². The van der Waals surface area contributed by atoms with Crippen molar-refractivity contribution in [3.8, 4) is 0 Å². The Morgan fingerprint density at radius 3 is 2.68 bits per heavy atom. The molecule has 0 bridgehead atoms.